The van der Waals surface area contributed by atoms with E-state index >= 15 is 0 Å². The monoisotopic (exact) mass is 499 g/mol. The van der Waals surface area contributed by atoms with E-state index in [1.54, 1.807) is 24.4 Å². The lowest BCUT2D eigenvalue weighted by atomic mass is 9.95. The van der Waals surface area contributed by atoms with Gasteiger partial charge < -0.3 is 25.3 Å². The number of fused-ring (bicyclic) bond motifs is 2. The predicted octanol–water partition coefficient (Wildman–Crippen LogP) is 1.94. The topological polar surface area (TPSA) is 148 Å². The molecule has 1 aliphatic heterocycles. The number of esters is 1. The number of benzene rings is 2. The van der Waals surface area contributed by atoms with Crippen molar-refractivity contribution in [3.8, 4) is 0 Å². The van der Waals surface area contributed by atoms with E-state index in [-0.39, 0.29) is 12.1 Å². The van der Waals surface area contributed by atoms with Gasteiger partial charge in [0.15, 0.2) is 0 Å². The Labute approximate surface area is 211 Å². The van der Waals surface area contributed by atoms with E-state index in [9.17, 15) is 19.2 Å². The molecule has 10 heteroatoms. The summed E-state index contributed by atoms with van der Waals surface area (Å²) in [6.45, 7) is 0.969. The van der Waals surface area contributed by atoms with Gasteiger partial charge in [0.25, 0.3) is 17.7 Å². The number of ether oxygens (including phenoxy) is 1. The number of aromatic amines is 1. The summed E-state index contributed by atoms with van der Waals surface area (Å²) in [7, 11) is 1.24. The Hall–Kier alpha value is -4.70. The SMILES string of the molecule is COC(=O)CNC(=O)c1ccc2c(C3=C(c4cn(CCCN)c5ccccc45)C(=O)NC3=O)c[nH]c2c1. The maximum absolute atomic E-state index is 13.1. The van der Waals surface area contributed by atoms with Crippen molar-refractivity contribution in [1.29, 1.82) is 0 Å². The number of methoxy groups -OCH3 is 1. The van der Waals surface area contributed by atoms with Gasteiger partial charge in [0.2, 0.25) is 0 Å². The molecular formula is C27H25N5O5. The van der Waals surface area contributed by atoms with Crippen molar-refractivity contribution < 1.29 is 23.9 Å². The number of rotatable bonds is 8. The fourth-order valence-corrected chi connectivity index (χ4v) is 4.66. The van der Waals surface area contributed by atoms with Crippen LogP contribution in [0.2, 0.25) is 0 Å². The van der Waals surface area contributed by atoms with Crippen LogP contribution in [0.1, 0.15) is 27.9 Å². The number of nitrogens with zero attached hydrogens (tertiary/aromatic N) is 1. The second-order valence-corrected chi connectivity index (χ2v) is 8.65. The van der Waals surface area contributed by atoms with Crippen LogP contribution in [0.3, 0.4) is 0 Å². The molecule has 0 atom stereocenters. The van der Waals surface area contributed by atoms with Gasteiger partial charge in [-0.1, -0.05) is 24.3 Å². The molecule has 2 aromatic heterocycles. The number of imide groups is 1. The molecule has 4 aromatic rings. The molecule has 0 aliphatic carbocycles. The molecule has 0 unspecified atom stereocenters. The molecule has 37 heavy (non-hydrogen) atoms. The van der Waals surface area contributed by atoms with Crippen LogP contribution in [0.4, 0.5) is 0 Å². The van der Waals surface area contributed by atoms with Gasteiger partial charge in [-0.05, 0) is 31.2 Å². The zero-order valence-electron chi connectivity index (χ0n) is 20.1. The minimum Gasteiger partial charge on any atom is -0.468 e. The van der Waals surface area contributed by atoms with Crippen LogP contribution in [0.15, 0.2) is 54.9 Å². The Morgan fingerprint density at radius 3 is 2.54 bits per heavy atom. The van der Waals surface area contributed by atoms with Crippen molar-refractivity contribution in [2.45, 2.75) is 13.0 Å². The Balaban J connectivity index is 1.60. The highest BCUT2D eigenvalue weighted by Crippen LogP contribution is 2.38. The first-order valence-electron chi connectivity index (χ1n) is 11.8. The zero-order valence-corrected chi connectivity index (χ0v) is 20.1. The van der Waals surface area contributed by atoms with Crippen LogP contribution in [0.25, 0.3) is 33.0 Å². The summed E-state index contributed by atoms with van der Waals surface area (Å²) in [5, 5.41) is 6.48. The van der Waals surface area contributed by atoms with E-state index in [1.165, 1.54) is 7.11 Å². The summed E-state index contributed by atoms with van der Waals surface area (Å²) in [6, 6.07) is 12.7. The Morgan fingerprint density at radius 2 is 1.78 bits per heavy atom. The summed E-state index contributed by atoms with van der Waals surface area (Å²) >= 11 is 0. The van der Waals surface area contributed by atoms with Crippen LogP contribution in [-0.4, -0.2) is 53.4 Å². The quantitative estimate of drug-likeness (QED) is 0.215. The highest BCUT2D eigenvalue weighted by molar-refractivity contribution is 6.50. The molecule has 0 saturated carbocycles. The van der Waals surface area contributed by atoms with Gasteiger partial charge in [-0.3, -0.25) is 24.5 Å². The lowest BCUT2D eigenvalue weighted by Crippen LogP contribution is -2.30. The first kappa shape index (κ1) is 24.0. The fraction of sp³-hybridized carbons (Fsp3) is 0.185. The number of hydrogen-bond donors (Lipinski definition) is 4. The minimum absolute atomic E-state index is 0.249. The molecule has 2 aromatic carbocycles. The van der Waals surface area contributed by atoms with Crippen molar-refractivity contribution in [2.24, 2.45) is 5.73 Å². The third-order valence-corrected chi connectivity index (χ3v) is 6.43. The fourth-order valence-electron chi connectivity index (χ4n) is 4.66. The van der Waals surface area contributed by atoms with Crippen LogP contribution < -0.4 is 16.4 Å². The molecule has 0 spiro atoms. The number of amides is 3. The van der Waals surface area contributed by atoms with Crippen molar-refractivity contribution in [1.82, 2.24) is 20.2 Å². The van der Waals surface area contributed by atoms with E-state index in [0.29, 0.717) is 46.3 Å². The standard InChI is InChI=1S/C27H25N5O5/c1-37-22(33)13-30-25(34)15-7-8-16-18(12-29-20(16)11-15)23-24(27(36)31-26(23)35)19-14-32(10-4-9-28)21-6-3-2-5-17(19)21/h2-3,5-8,11-12,14,29H,4,9-10,13,28H2,1H3,(H,30,34)(H,31,35,36). The number of H-pyrrole nitrogens is 1. The Bertz CT molecular complexity index is 1610. The van der Waals surface area contributed by atoms with Gasteiger partial charge >= 0.3 is 5.97 Å². The van der Waals surface area contributed by atoms with E-state index in [1.807, 2.05) is 35.0 Å². The maximum Gasteiger partial charge on any atom is 0.325 e. The van der Waals surface area contributed by atoms with Crippen LogP contribution in [0.5, 0.6) is 0 Å². The van der Waals surface area contributed by atoms with Gasteiger partial charge in [0, 0.05) is 57.4 Å². The smallest absolute Gasteiger partial charge is 0.325 e. The maximum atomic E-state index is 13.1. The van der Waals surface area contributed by atoms with E-state index in [0.717, 1.165) is 17.3 Å². The van der Waals surface area contributed by atoms with Crippen molar-refractivity contribution in [3.05, 3.63) is 71.5 Å². The van der Waals surface area contributed by atoms with Gasteiger partial charge in [0.05, 0.1) is 18.3 Å². The van der Waals surface area contributed by atoms with E-state index < -0.39 is 23.7 Å². The number of para-hydroxylation sites is 1. The first-order valence-corrected chi connectivity index (χ1v) is 11.8. The average Bonchev–Trinajstić information content (AvgIpc) is 3.57. The summed E-state index contributed by atoms with van der Waals surface area (Å²) < 4.78 is 6.59. The third kappa shape index (κ3) is 4.27. The van der Waals surface area contributed by atoms with Gasteiger partial charge in [-0.25, -0.2) is 0 Å². The van der Waals surface area contributed by atoms with Crippen molar-refractivity contribution in [3.63, 3.8) is 0 Å². The van der Waals surface area contributed by atoms with Gasteiger partial charge in [0.1, 0.15) is 6.54 Å². The molecular weight excluding hydrogens is 474 g/mol. The summed E-state index contributed by atoms with van der Waals surface area (Å²) in [5.41, 5.74) is 9.37. The third-order valence-electron chi connectivity index (χ3n) is 6.43. The molecule has 1 aliphatic rings. The lowest BCUT2D eigenvalue weighted by Gasteiger charge is -2.05. The normalized spacial score (nSPS) is 13.5. The first-order chi connectivity index (χ1) is 17.9. The molecule has 3 heterocycles. The number of nitrogens with one attached hydrogen (secondary N) is 3. The molecule has 0 bridgehead atoms. The van der Waals surface area contributed by atoms with E-state index in [4.69, 9.17) is 5.73 Å². The number of carbonyl (C=O) groups excluding carboxylic acids is 4. The van der Waals surface area contributed by atoms with Crippen LogP contribution >= 0.6 is 0 Å². The molecule has 0 fully saturated rings. The number of aromatic nitrogens is 2. The lowest BCUT2D eigenvalue weighted by molar-refractivity contribution is -0.139. The van der Waals surface area contributed by atoms with E-state index in [2.05, 4.69) is 20.4 Å². The largest absolute Gasteiger partial charge is 0.468 e. The molecule has 0 radical (unpaired) electrons. The molecule has 5 N–H and O–H groups in total. The molecule has 10 nitrogen and oxygen atoms in total. The second kappa shape index (κ2) is 9.75. The number of nitrogens with two attached hydrogens (primary N) is 1. The van der Waals surface area contributed by atoms with Crippen LogP contribution in [0, 0.1) is 0 Å². The molecule has 3 amide bonds. The van der Waals surface area contributed by atoms with Crippen LogP contribution in [-0.2, 0) is 25.7 Å². The van der Waals surface area contributed by atoms with Gasteiger partial charge in [-0.15, -0.1) is 0 Å². The molecule has 188 valence electrons. The summed E-state index contributed by atoms with van der Waals surface area (Å²) in [5.74, 6) is -1.95. The van der Waals surface area contributed by atoms with Gasteiger partial charge in [-0.2, -0.15) is 0 Å². The summed E-state index contributed by atoms with van der Waals surface area (Å²) in [6.07, 6.45) is 4.32. The van der Waals surface area contributed by atoms with Crippen molar-refractivity contribution in [2.75, 3.05) is 20.2 Å². The molecule has 0 saturated heterocycles. The number of aryl methyl sites for hydroxylation is 1. The second-order valence-electron chi connectivity index (χ2n) is 8.65. The number of hydrogen-bond acceptors (Lipinski definition) is 6. The highest BCUT2D eigenvalue weighted by atomic mass is 16.5. The summed E-state index contributed by atoms with van der Waals surface area (Å²) in [4.78, 5) is 53.0. The Kier molecular flexibility index (Phi) is 6.33. The average molecular weight is 500 g/mol. The highest BCUT2D eigenvalue weighted by Gasteiger charge is 2.35. The minimum atomic E-state index is -0.558. The number of carbonyl (C=O) groups is 4. The Morgan fingerprint density at radius 1 is 1.03 bits per heavy atom. The van der Waals surface area contributed by atoms with Crippen molar-refractivity contribution >= 4 is 56.6 Å². The predicted molar refractivity (Wildman–Crippen MR) is 138 cm³/mol. The molecule has 5 rings (SSSR count). The zero-order chi connectivity index (χ0) is 26.1.